The van der Waals surface area contributed by atoms with E-state index < -0.39 is 11.7 Å². The fraction of sp³-hybridized carbons (Fsp3) is 0.571. The van der Waals surface area contributed by atoms with Gasteiger partial charge in [0.2, 0.25) is 5.91 Å². The van der Waals surface area contributed by atoms with Crippen molar-refractivity contribution in [3.8, 4) is 0 Å². The van der Waals surface area contributed by atoms with Crippen LogP contribution in [0.1, 0.15) is 68.3 Å². The quantitative estimate of drug-likeness (QED) is 0.661. The monoisotopic (exact) mass is 408 g/mol. The standard InChI is InChI=1S/C21H27F3N4O/c1-13(2)4-9-18-26-27-19(28(18)16-7-8-16)10-11-20(29)25-17-12-15(21(22,23)24)6-5-14(17)3/h5-6,12-13,16H,4,7-11H2,1-3H3,(H,25,29). The summed E-state index contributed by atoms with van der Waals surface area (Å²) in [6.07, 6.45) is 0.182. The SMILES string of the molecule is Cc1ccc(C(F)(F)F)cc1NC(=O)CCc1nnc(CCC(C)C)n1C1CC1. The number of amides is 1. The number of rotatable bonds is 8. The van der Waals surface area contributed by atoms with Gasteiger partial charge in [0, 0.05) is 31.0 Å². The Kier molecular flexibility index (Phi) is 6.29. The molecule has 0 spiro atoms. The molecule has 0 atom stereocenters. The molecule has 3 rings (SSSR count). The Morgan fingerprint density at radius 2 is 1.86 bits per heavy atom. The maximum Gasteiger partial charge on any atom is 0.416 e. The normalized spacial score (nSPS) is 14.4. The smallest absolute Gasteiger partial charge is 0.326 e. The number of aromatic nitrogens is 3. The van der Waals surface area contributed by atoms with Crippen molar-refractivity contribution in [1.82, 2.24) is 14.8 Å². The summed E-state index contributed by atoms with van der Waals surface area (Å²) in [7, 11) is 0. The number of carbonyl (C=O) groups is 1. The van der Waals surface area contributed by atoms with Crippen LogP contribution in [0.25, 0.3) is 0 Å². The lowest BCUT2D eigenvalue weighted by Gasteiger charge is -2.13. The van der Waals surface area contributed by atoms with E-state index in [1.807, 2.05) is 0 Å². The number of carbonyl (C=O) groups excluding carboxylic acids is 1. The van der Waals surface area contributed by atoms with E-state index in [0.717, 1.165) is 49.5 Å². The highest BCUT2D eigenvalue weighted by atomic mass is 19.4. The first-order valence-electron chi connectivity index (χ1n) is 10.1. The average Bonchev–Trinajstić information content (AvgIpc) is 3.39. The summed E-state index contributed by atoms with van der Waals surface area (Å²) in [4.78, 5) is 12.4. The minimum Gasteiger partial charge on any atom is -0.326 e. The minimum absolute atomic E-state index is 0.144. The summed E-state index contributed by atoms with van der Waals surface area (Å²) in [5.74, 6) is 1.98. The first-order valence-corrected chi connectivity index (χ1v) is 10.1. The molecule has 8 heteroatoms. The summed E-state index contributed by atoms with van der Waals surface area (Å²) in [6, 6.07) is 3.77. The molecule has 1 amide bonds. The molecule has 1 aliphatic rings. The second-order valence-electron chi connectivity index (χ2n) is 8.14. The van der Waals surface area contributed by atoms with Crippen LogP contribution in [-0.4, -0.2) is 20.7 Å². The fourth-order valence-corrected chi connectivity index (χ4v) is 3.24. The van der Waals surface area contributed by atoms with Crippen molar-refractivity contribution in [3.63, 3.8) is 0 Å². The zero-order chi connectivity index (χ0) is 21.2. The Morgan fingerprint density at radius 3 is 2.45 bits per heavy atom. The fourth-order valence-electron chi connectivity index (χ4n) is 3.24. The zero-order valence-corrected chi connectivity index (χ0v) is 17.0. The van der Waals surface area contributed by atoms with E-state index in [2.05, 4.69) is 33.9 Å². The molecule has 1 aliphatic carbocycles. The third-order valence-electron chi connectivity index (χ3n) is 5.11. The number of aryl methyl sites for hydroxylation is 3. The van der Waals surface area contributed by atoms with Crippen molar-refractivity contribution in [2.75, 3.05) is 5.32 Å². The van der Waals surface area contributed by atoms with E-state index in [1.54, 1.807) is 6.92 Å². The van der Waals surface area contributed by atoms with Gasteiger partial charge in [-0.25, -0.2) is 0 Å². The van der Waals surface area contributed by atoms with Gasteiger partial charge in [-0.15, -0.1) is 10.2 Å². The van der Waals surface area contributed by atoms with Crippen LogP contribution in [0.3, 0.4) is 0 Å². The van der Waals surface area contributed by atoms with Crippen LogP contribution in [-0.2, 0) is 23.8 Å². The predicted molar refractivity (Wildman–Crippen MR) is 105 cm³/mol. The Balaban J connectivity index is 1.64. The third-order valence-corrected chi connectivity index (χ3v) is 5.11. The number of nitrogens with zero attached hydrogens (tertiary/aromatic N) is 3. The van der Waals surface area contributed by atoms with Crippen molar-refractivity contribution in [3.05, 3.63) is 41.0 Å². The summed E-state index contributed by atoms with van der Waals surface area (Å²) < 4.78 is 40.9. The number of nitrogens with one attached hydrogen (secondary N) is 1. The Morgan fingerprint density at radius 1 is 1.21 bits per heavy atom. The van der Waals surface area contributed by atoms with E-state index in [0.29, 0.717) is 23.9 Å². The van der Waals surface area contributed by atoms with Crippen LogP contribution < -0.4 is 5.32 Å². The van der Waals surface area contributed by atoms with E-state index in [-0.39, 0.29) is 18.0 Å². The summed E-state index contributed by atoms with van der Waals surface area (Å²) in [5.41, 5.74) is -0.00348. The summed E-state index contributed by atoms with van der Waals surface area (Å²) in [6.45, 7) is 6.00. The largest absolute Gasteiger partial charge is 0.416 e. The Labute approximate surface area is 168 Å². The number of alkyl halides is 3. The molecule has 158 valence electrons. The molecule has 0 bridgehead atoms. The van der Waals surface area contributed by atoms with Gasteiger partial charge in [0.15, 0.2) is 0 Å². The van der Waals surface area contributed by atoms with E-state index in [9.17, 15) is 18.0 Å². The lowest BCUT2D eigenvalue weighted by molar-refractivity contribution is -0.137. The first-order chi connectivity index (χ1) is 13.6. The molecule has 0 saturated heterocycles. The molecular weight excluding hydrogens is 381 g/mol. The maximum absolute atomic E-state index is 12.9. The van der Waals surface area contributed by atoms with Crippen molar-refractivity contribution in [2.24, 2.45) is 5.92 Å². The molecule has 1 fully saturated rings. The average molecular weight is 408 g/mol. The molecule has 5 nitrogen and oxygen atoms in total. The second kappa shape index (κ2) is 8.55. The Hall–Kier alpha value is -2.38. The van der Waals surface area contributed by atoms with Crippen molar-refractivity contribution >= 4 is 11.6 Å². The van der Waals surface area contributed by atoms with E-state index in [1.165, 1.54) is 6.07 Å². The van der Waals surface area contributed by atoms with Crippen LogP contribution in [0.5, 0.6) is 0 Å². The van der Waals surface area contributed by atoms with Gasteiger partial charge in [0.05, 0.1) is 5.56 Å². The highest BCUT2D eigenvalue weighted by molar-refractivity contribution is 5.91. The van der Waals surface area contributed by atoms with Crippen LogP contribution in [0, 0.1) is 12.8 Å². The number of anilines is 1. The highest BCUT2D eigenvalue weighted by Crippen LogP contribution is 2.37. The van der Waals surface area contributed by atoms with Crippen molar-refractivity contribution < 1.29 is 18.0 Å². The van der Waals surface area contributed by atoms with Gasteiger partial charge in [-0.2, -0.15) is 13.2 Å². The molecular formula is C21H27F3N4O. The van der Waals surface area contributed by atoms with Crippen LogP contribution in [0.15, 0.2) is 18.2 Å². The molecule has 0 unspecified atom stereocenters. The van der Waals surface area contributed by atoms with Gasteiger partial charge >= 0.3 is 6.18 Å². The molecule has 1 aromatic carbocycles. The van der Waals surface area contributed by atoms with Gasteiger partial charge < -0.3 is 9.88 Å². The lowest BCUT2D eigenvalue weighted by atomic mass is 10.1. The number of hydrogen-bond donors (Lipinski definition) is 1. The molecule has 1 N–H and O–H groups in total. The van der Waals surface area contributed by atoms with Gasteiger partial charge in [-0.3, -0.25) is 4.79 Å². The summed E-state index contributed by atoms with van der Waals surface area (Å²) >= 11 is 0. The van der Waals surface area contributed by atoms with Gasteiger partial charge in [-0.1, -0.05) is 19.9 Å². The van der Waals surface area contributed by atoms with Crippen molar-refractivity contribution in [1.29, 1.82) is 0 Å². The highest BCUT2D eigenvalue weighted by Gasteiger charge is 2.31. The Bertz CT molecular complexity index is 869. The topological polar surface area (TPSA) is 59.8 Å². The molecule has 1 heterocycles. The lowest BCUT2D eigenvalue weighted by Crippen LogP contribution is -2.16. The van der Waals surface area contributed by atoms with Crippen LogP contribution in [0.4, 0.5) is 18.9 Å². The molecule has 0 radical (unpaired) electrons. The van der Waals surface area contributed by atoms with Gasteiger partial charge in [0.25, 0.3) is 0 Å². The van der Waals surface area contributed by atoms with Crippen molar-refractivity contribution in [2.45, 2.75) is 71.5 Å². The molecule has 1 saturated carbocycles. The van der Waals surface area contributed by atoms with Gasteiger partial charge in [0.1, 0.15) is 11.6 Å². The van der Waals surface area contributed by atoms with Gasteiger partial charge in [-0.05, 0) is 49.8 Å². The first kappa shape index (κ1) is 21.3. The third kappa shape index (κ3) is 5.58. The molecule has 29 heavy (non-hydrogen) atoms. The molecule has 1 aromatic heterocycles. The van der Waals surface area contributed by atoms with E-state index >= 15 is 0 Å². The maximum atomic E-state index is 12.9. The molecule has 0 aliphatic heterocycles. The van der Waals surface area contributed by atoms with Crippen LogP contribution >= 0.6 is 0 Å². The molecule has 2 aromatic rings. The number of hydrogen-bond acceptors (Lipinski definition) is 3. The zero-order valence-electron chi connectivity index (χ0n) is 17.0. The van der Waals surface area contributed by atoms with E-state index in [4.69, 9.17) is 0 Å². The number of benzene rings is 1. The second-order valence-corrected chi connectivity index (χ2v) is 8.14. The minimum atomic E-state index is -4.44. The predicted octanol–water partition coefficient (Wildman–Crippen LogP) is 5.10. The number of halogens is 3. The summed E-state index contributed by atoms with van der Waals surface area (Å²) in [5, 5.41) is 11.2. The van der Waals surface area contributed by atoms with Crippen LogP contribution in [0.2, 0.25) is 0 Å².